The number of rotatable bonds is 6. The van der Waals surface area contributed by atoms with Gasteiger partial charge in [0.15, 0.2) is 11.6 Å². The molecular formula is C43H54F3N11O7. The zero-order valence-corrected chi connectivity index (χ0v) is 36.5. The number of aliphatic hydroxyl groups excluding tert-OH is 1. The first kappa shape index (κ1) is 43.4. The van der Waals surface area contributed by atoms with E-state index in [9.17, 15) is 27.9 Å². The van der Waals surface area contributed by atoms with Crippen LogP contribution in [0, 0.1) is 12.7 Å². The number of ether oxygens (including phenoxy) is 4. The highest BCUT2D eigenvalue weighted by Gasteiger charge is 2.39. The molecule has 344 valence electrons. The highest BCUT2D eigenvalue weighted by Crippen LogP contribution is 2.44. The Hall–Kier alpha value is -5.83. The number of anilines is 4. The van der Waals surface area contributed by atoms with Gasteiger partial charge in [0.05, 0.1) is 62.9 Å². The number of aliphatic hydroxyl groups is 1. The van der Waals surface area contributed by atoms with Crippen LogP contribution in [0.15, 0.2) is 12.1 Å². The minimum Gasteiger partial charge on any atom is -0.474 e. The smallest absolute Gasteiger partial charge is 0.409 e. The molecule has 2 fully saturated rings. The van der Waals surface area contributed by atoms with Gasteiger partial charge < -0.3 is 49.0 Å². The first-order valence-corrected chi connectivity index (χ1v) is 22.0. The second kappa shape index (κ2) is 18.0. The van der Waals surface area contributed by atoms with Gasteiger partial charge in [0, 0.05) is 80.3 Å². The van der Waals surface area contributed by atoms with Gasteiger partial charge in [-0.3, -0.25) is 9.36 Å². The van der Waals surface area contributed by atoms with E-state index < -0.39 is 12.2 Å². The molecule has 0 atom stereocenters. The molecule has 0 radical (unpaired) electrons. The number of alkyl halides is 2. The van der Waals surface area contributed by atoms with Crippen molar-refractivity contribution < 1.29 is 46.8 Å². The molecule has 3 amide bonds. The van der Waals surface area contributed by atoms with E-state index in [1.54, 1.807) is 30.7 Å². The van der Waals surface area contributed by atoms with Gasteiger partial charge in [0.2, 0.25) is 11.8 Å². The molecule has 0 unspecified atom stereocenters. The minimum atomic E-state index is -2.63. The summed E-state index contributed by atoms with van der Waals surface area (Å²) in [6.45, 7) is 8.39. The maximum Gasteiger partial charge on any atom is 0.409 e. The largest absolute Gasteiger partial charge is 0.474 e. The number of aryl methyl sites for hydroxylation is 2. The summed E-state index contributed by atoms with van der Waals surface area (Å²) in [7, 11) is 2.98. The highest BCUT2D eigenvalue weighted by atomic mass is 19.3. The maximum atomic E-state index is 14.3. The molecule has 9 heterocycles. The molecule has 10 rings (SSSR count). The lowest BCUT2D eigenvalue weighted by atomic mass is 9.89. The van der Waals surface area contributed by atoms with E-state index in [4.69, 9.17) is 29.1 Å². The monoisotopic (exact) mass is 893 g/mol. The fourth-order valence-corrected chi connectivity index (χ4v) is 9.50. The van der Waals surface area contributed by atoms with Crippen molar-refractivity contribution in [1.82, 2.24) is 44.6 Å². The number of hydrogen-bond acceptors (Lipinski definition) is 13. The molecule has 1 aliphatic carbocycles. The minimum absolute atomic E-state index is 0.0820. The van der Waals surface area contributed by atoms with Gasteiger partial charge in [-0.05, 0) is 45.1 Å². The first-order valence-electron chi connectivity index (χ1n) is 22.0. The van der Waals surface area contributed by atoms with Crippen molar-refractivity contribution in [2.75, 3.05) is 76.6 Å². The number of fused-ring (bicyclic) bond motifs is 4. The number of amides is 3. The number of pyridine rings is 2. The molecule has 1 saturated heterocycles. The number of hydrogen-bond donors (Lipinski definition) is 2. The average molecular weight is 894 g/mol. The molecule has 0 spiro atoms. The Morgan fingerprint density at radius 1 is 0.859 bits per heavy atom. The van der Waals surface area contributed by atoms with Gasteiger partial charge in [-0.2, -0.15) is 10.2 Å². The predicted octanol–water partition coefficient (Wildman–Crippen LogP) is 5.43. The Morgan fingerprint density at radius 2 is 1.44 bits per heavy atom. The fourth-order valence-electron chi connectivity index (χ4n) is 9.50. The van der Waals surface area contributed by atoms with E-state index in [2.05, 4.69) is 20.0 Å². The summed E-state index contributed by atoms with van der Waals surface area (Å²) in [4.78, 5) is 40.5. The number of aromatic nitrogens is 6. The van der Waals surface area contributed by atoms with Gasteiger partial charge in [0.25, 0.3) is 6.43 Å². The topological polar surface area (TPSA) is 178 Å². The zero-order valence-electron chi connectivity index (χ0n) is 36.5. The summed E-state index contributed by atoms with van der Waals surface area (Å²) in [6, 6.07) is 3.11. The summed E-state index contributed by atoms with van der Waals surface area (Å²) >= 11 is 0. The van der Waals surface area contributed by atoms with E-state index in [0.717, 1.165) is 35.4 Å². The van der Waals surface area contributed by atoms with Crippen molar-refractivity contribution in [3.63, 3.8) is 0 Å². The Bertz CT molecular complexity index is 2400. The molecule has 21 heteroatoms. The number of nitrogens with one attached hydrogen (secondary N) is 1. The quantitative estimate of drug-likeness (QED) is 0.251. The number of nitrogens with zero attached hydrogens (tertiary/aromatic N) is 10. The van der Waals surface area contributed by atoms with Gasteiger partial charge in [-0.1, -0.05) is 6.92 Å². The number of carbonyl (C=O) groups excluding carboxylic acids is 2. The molecule has 2 N–H and O–H groups in total. The second-order valence-corrected chi connectivity index (χ2v) is 16.8. The molecule has 0 aromatic carbocycles. The molecule has 18 nitrogen and oxygen atoms in total. The molecule has 4 aromatic rings. The third-order valence-corrected chi connectivity index (χ3v) is 13.0. The summed E-state index contributed by atoms with van der Waals surface area (Å²) in [5.41, 5.74) is 5.59. The molecule has 64 heavy (non-hydrogen) atoms. The molecule has 6 aliphatic rings. The number of halogens is 3. The summed E-state index contributed by atoms with van der Waals surface area (Å²) in [5.74, 6) is 1.68. The van der Waals surface area contributed by atoms with Crippen molar-refractivity contribution in [2.24, 2.45) is 0 Å². The molecular weight excluding hydrogens is 840 g/mol. The lowest BCUT2D eigenvalue weighted by molar-refractivity contribution is 0.0417. The van der Waals surface area contributed by atoms with E-state index in [1.807, 2.05) is 14.5 Å². The third-order valence-electron chi connectivity index (χ3n) is 13.0. The number of carbonyl (C=O) groups is 2. The van der Waals surface area contributed by atoms with Crippen molar-refractivity contribution in [1.29, 1.82) is 0 Å². The van der Waals surface area contributed by atoms with Crippen molar-refractivity contribution in [3.05, 3.63) is 57.4 Å². The maximum absolute atomic E-state index is 14.3. The third kappa shape index (κ3) is 8.00. The standard InChI is InChI=1S/C23H30F2N6O3.C20H24FN5O4/c1-3-17-15(20(24)25)12-19-22(27-17)34-11-8-30(19)21-16-13-29(23(32)26-2)7-4-18(16)31(28-21)14-5-9-33-10-6-14;1-11-15(21)9-17-19(22-11)30-6-5-25(17)18-14-10-24(20(28)29-2)4-3-16(14)26(23-18)12-7-13(27)8-12/h12,14,20H,3-11,13H2,1-2H3,(H,26,32);9,12-13,27H,3-8,10H2,1-2H3. The summed E-state index contributed by atoms with van der Waals surface area (Å²) in [6.07, 6.45) is 1.43. The summed E-state index contributed by atoms with van der Waals surface area (Å²) < 4.78 is 67.9. The highest BCUT2D eigenvalue weighted by molar-refractivity contribution is 5.76. The van der Waals surface area contributed by atoms with Crippen LogP contribution in [0.4, 0.5) is 45.8 Å². The Labute approximate surface area is 368 Å². The lowest BCUT2D eigenvalue weighted by Gasteiger charge is -2.34. The molecule has 4 aromatic heterocycles. The van der Waals surface area contributed by atoms with E-state index in [-0.39, 0.29) is 41.6 Å². The molecule has 5 aliphatic heterocycles. The van der Waals surface area contributed by atoms with E-state index in [0.29, 0.717) is 138 Å². The van der Waals surface area contributed by atoms with Crippen LogP contribution in [0.5, 0.6) is 11.8 Å². The van der Waals surface area contributed by atoms with E-state index in [1.165, 1.54) is 19.2 Å². The summed E-state index contributed by atoms with van der Waals surface area (Å²) in [5, 5.41) is 22.4. The van der Waals surface area contributed by atoms with Crippen molar-refractivity contribution in [2.45, 2.75) is 96.5 Å². The van der Waals surface area contributed by atoms with Gasteiger partial charge in [0.1, 0.15) is 30.4 Å². The van der Waals surface area contributed by atoms with E-state index >= 15 is 0 Å². The number of urea groups is 1. The first-order chi connectivity index (χ1) is 31.0. The van der Waals surface area contributed by atoms with Crippen LogP contribution in [-0.4, -0.2) is 129 Å². The molecule has 0 bridgehead atoms. The van der Waals surface area contributed by atoms with Gasteiger partial charge in [-0.15, -0.1) is 0 Å². The predicted molar refractivity (Wildman–Crippen MR) is 225 cm³/mol. The molecule has 1 saturated carbocycles. The fraction of sp³-hybridized carbons (Fsp3) is 0.581. The van der Waals surface area contributed by atoms with Crippen LogP contribution in [0.2, 0.25) is 0 Å². The van der Waals surface area contributed by atoms with Crippen molar-refractivity contribution in [3.8, 4) is 11.8 Å². The van der Waals surface area contributed by atoms with Crippen LogP contribution in [0.25, 0.3) is 0 Å². The van der Waals surface area contributed by atoms with Crippen LogP contribution >= 0.6 is 0 Å². The Morgan fingerprint density at radius 3 is 2.02 bits per heavy atom. The Kier molecular flexibility index (Phi) is 12.2. The van der Waals surface area contributed by atoms with Crippen LogP contribution in [0.1, 0.15) is 90.6 Å². The number of methoxy groups -OCH3 is 1. The SMILES string of the molecule is CCc1nc2c(cc1C(F)F)N(c1nn(C3CCOCC3)c3c1CN(C(=O)NC)CC3)CCO2.COC(=O)N1CCc2c(c(N3CCOc4nc(C)c(F)cc43)nn2C2CC(O)C2)C1. The second-order valence-electron chi connectivity index (χ2n) is 16.8. The van der Waals surface area contributed by atoms with Crippen molar-refractivity contribution >= 4 is 35.1 Å². The van der Waals surface area contributed by atoms with Crippen LogP contribution in [-0.2, 0) is 41.8 Å². The van der Waals surface area contributed by atoms with Crippen LogP contribution in [0.3, 0.4) is 0 Å². The van der Waals surface area contributed by atoms with Gasteiger partial charge in [-0.25, -0.2) is 32.7 Å². The lowest BCUT2D eigenvalue weighted by Crippen LogP contribution is -2.42. The average Bonchev–Trinajstić information content (AvgIpc) is 3.88. The zero-order chi connectivity index (χ0) is 44.8. The van der Waals surface area contributed by atoms with Gasteiger partial charge >= 0.3 is 12.1 Å². The normalized spacial score (nSPS) is 20.5. The Balaban J connectivity index is 0.000000163. The van der Waals surface area contributed by atoms with Crippen LogP contribution < -0.4 is 24.6 Å².